The third-order valence-corrected chi connectivity index (χ3v) is 12.4. The average Bonchev–Trinajstić information content (AvgIpc) is 3.76. The average molecular weight is 825 g/mol. The molecule has 0 heterocycles. The molecule has 0 saturated heterocycles. The first kappa shape index (κ1) is 45.2. The Kier molecular flexibility index (Phi) is 13.8. The summed E-state index contributed by atoms with van der Waals surface area (Å²) in [5.41, 5.74) is 19.4. The number of halogens is 2. The number of hydrogen-bond acceptors (Lipinski definition) is 0. The molecular formula is C50H62Cl2Zr-2. The molecule has 0 N–H and O–H groups in total. The zero-order valence-electron chi connectivity index (χ0n) is 35.2. The fourth-order valence-electron chi connectivity index (χ4n) is 7.82. The Hall–Kier alpha value is -2.18. The maximum atomic E-state index is 3.85. The molecule has 0 aliphatic heterocycles. The van der Waals surface area contributed by atoms with Crippen molar-refractivity contribution in [3.8, 4) is 11.1 Å². The Morgan fingerprint density at radius 1 is 0.717 bits per heavy atom. The molecule has 53 heavy (non-hydrogen) atoms. The van der Waals surface area contributed by atoms with Gasteiger partial charge in [-0.15, -0.1) is 11.6 Å². The van der Waals surface area contributed by atoms with Crippen LogP contribution in [0, 0.1) is 23.8 Å². The predicted octanol–water partition coefficient (Wildman–Crippen LogP) is 7.69. The maximum Gasteiger partial charge on any atom is -0.0635 e. The van der Waals surface area contributed by atoms with Crippen LogP contribution in [0.1, 0.15) is 153 Å². The first-order chi connectivity index (χ1) is 23.4. The van der Waals surface area contributed by atoms with E-state index < -0.39 is 0 Å². The Balaban J connectivity index is 0.000000283. The second-order valence-electron chi connectivity index (χ2n) is 19.3. The minimum absolute atomic E-state index is 0. The largest absolute Gasteiger partial charge is 1.00 e. The summed E-state index contributed by atoms with van der Waals surface area (Å²) in [7, 11) is 0. The SMILES string of the molecule is CC(C)(C)C1=[C-]C(C)(C)c2cc3c(cc21)-c1cc2c(cc1C3)C(C)(C)C=C2C(C)(C)C.CC[C](=[Zr+2])c1ccccc1.Cc1cc(C(C)(C)C)c[cH-]1.[Cl-].[Cl-]. The fraction of sp³-hybridized carbons (Fsp3) is 0.440. The maximum absolute atomic E-state index is 3.85. The number of rotatable bonds is 2. The molecule has 3 aliphatic rings. The van der Waals surface area contributed by atoms with Gasteiger partial charge in [-0.05, 0) is 62.3 Å². The molecule has 0 saturated carbocycles. The van der Waals surface area contributed by atoms with Crippen LogP contribution in [0.5, 0.6) is 0 Å². The third kappa shape index (κ3) is 9.62. The Labute approximate surface area is 350 Å². The minimum atomic E-state index is -0.0202. The van der Waals surface area contributed by atoms with Gasteiger partial charge in [0.15, 0.2) is 0 Å². The van der Waals surface area contributed by atoms with E-state index in [0.29, 0.717) is 5.41 Å². The van der Waals surface area contributed by atoms with Crippen LogP contribution in [0.4, 0.5) is 0 Å². The first-order valence-electron chi connectivity index (χ1n) is 19.1. The molecule has 282 valence electrons. The van der Waals surface area contributed by atoms with Gasteiger partial charge in [0.05, 0.1) is 0 Å². The molecule has 0 atom stereocenters. The number of allylic oxidation sites excluding steroid dienone is 4. The molecule has 0 unspecified atom stereocenters. The predicted molar refractivity (Wildman–Crippen MR) is 221 cm³/mol. The molecule has 0 spiro atoms. The van der Waals surface area contributed by atoms with Crippen molar-refractivity contribution in [1.82, 2.24) is 0 Å². The summed E-state index contributed by atoms with van der Waals surface area (Å²) in [4.78, 5) is 0. The fourth-order valence-corrected chi connectivity index (χ4v) is 8.23. The molecule has 0 nitrogen and oxygen atoms in total. The Morgan fingerprint density at radius 2 is 1.26 bits per heavy atom. The molecule has 0 bridgehead atoms. The molecule has 0 fully saturated rings. The topological polar surface area (TPSA) is 0 Å². The van der Waals surface area contributed by atoms with Gasteiger partial charge in [-0.3, -0.25) is 6.08 Å². The van der Waals surface area contributed by atoms with Crippen LogP contribution in [0.25, 0.3) is 22.3 Å². The van der Waals surface area contributed by atoms with Crippen LogP contribution in [0.2, 0.25) is 0 Å². The van der Waals surface area contributed by atoms with Crippen LogP contribution in [-0.4, -0.2) is 3.21 Å². The van der Waals surface area contributed by atoms with Gasteiger partial charge in [0, 0.05) is 5.41 Å². The van der Waals surface area contributed by atoms with E-state index in [4.69, 9.17) is 0 Å². The van der Waals surface area contributed by atoms with Crippen molar-refractivity contribution in [2.75, 3.05) is 0 Å². The second-order valence-corrected chi connectivity index (χ2v) is 20.8. The van der Waals surface area contributed by atoms with Crippen LogP contribution in [0.3, 0.4) is 0 Å². The van der Waals surface area contributed by atoms with Gasteiger partial charge in [0.2, 0.25) is 0 Å². The number of benzene rings is 3. The monoisotopic (exact) mass is 822 g/mol. The van der Waals surface area contributed by atoms with E-state index in [0.717, 1.165) is 6.42 Å². The molecule has 4 aromatic rings. The van der Waals surface area contributed by atoms with Crippen molar-refractivity contribution in [2.24, 2.45) is 10.8 Å². The summed E-state index contributed by atoms with van der Waals surface area (Å²) in [5.74, 6) is 0. The third-order valence-electron chi connectivity index (χ3n) is 10.8. The summed E-state index contributed by atoms with van der Waals surface area (Å²) in [6.07, 6.45) is 8.59. The first-order valence-corrected chi connectivity index (χ1v) is 20.3. The van der Waals surface area contributed by atoms with Crippen molar-refractivity contribution in [3.05, 3.63) is 135 Å². The van der Waals surface area contributed by atoms with Crippen molar-refractivity contribution >= 4 is 14.4 Å². The van der Waals surface area contributed by atoms with Gasteiger partial charge in [0.25, 0.3) is 0 Å². The van der Waals surface area contributed by atoms with Crippen molar-refractivity contribution < 1.29 is 49.0 Å². The van der Waals surface area contributed by atoms with Crippen LogP contribution in [0.15, 0.2) is 78.9 Å². The Bertz CT molecular complexity index is 1910. The van der Waals surface area contributed by atoms with E-state index in [-0.39, 0.29) is 46.5 Å². The van der Waals surface area contributed by atoms with Gasteiger partial charge in [-0.25, -0.2) is 11.6 Å². The zero-order valence-corrected chi connectivity index (χ0v) is 39.1. The minimum Gasteiger partial charge on any atom is -1.00 e. The molecule has 3 aliphatic carbocycles. The van der Waals surface area contributed by atoms with Crippen LogP contribution in [-0.2, 0) is 46.9 Å². The molecule has 3 heteroatoms. The van der Waals surface area contributed by atoms with Gasteiger partial charge in [-0.1, -0.05) is 126 Å². The molecule has 4 aromatic carbocycles. The molecule has 7 rings (SSSR count). The van der Waals surface area contributed by atoms with E-state index in [1.54, 1.807) is 3.21 Å². The molecular weight excluding hydrogens is 763 g/mol. The molecule has 0 radical (unpaired) electrons. The van der Waals surface area contributed by atoms with Gasteiger partial charge in [0.1, 0.15) is 0 Å². The summed E-state index contributed by atoms with van der Waals surface area (Å²) in [6, 6.07) is 27.2. The zero-order chi connectivity index (χ0) is 37.9. The van der Waals surface area contributed by atoms with E-state index >= 15 is 0 Å². The van der Waals surface area contributed by atoms with Gasteiger partial charge >= 0.3 is 76.7 Å². The second kappa shape index (κ2) is 16.1. The number of aryl methyl sites for hydroxylation is 1. The van der Waals surface area contributed by atoms with Gasteiger partial charge in [-0.2, -0.15) is 28.8 Å². The van der Waals surface area contributed by atoms with Crippen molar-refractivity contribution in [1.29, 1.82) is 0 Å². The van der Waals surface area contributed by atoms with Crippen LogP contribution >= 0.6 is 0 Å². The summed E-state index contributed by atoms with van der Waals surface area (Å²) in [5, 5.41) is 0. The standard InChI is InChI=1S/C31H37.C10H15.C9H10.2ClH.Zr/c1-28(2,3)26-16-30(7,8)24-12-18-11-19-13-25-23(15-21(19)20(18)14-22(24)26)27(29(4,5)6)17-31(25,9)10;1-8-5-6-9(7-8)10(2,3)4;1-2-6-9-7-4-3-5-8-9;;;/h12-16H,11H2,1-10H3;5-7H,1-4H3;3-5,7-8H,2H2,1H3;2*1H;/q2*-1;;;;+2/p-2. The summed E-state index contributed by atoms with van der Waals surface area (Å²) >= 11 is 1.54. The molecule has 0 amide bonds. The van der Waals surface area contributed by atoms with Crippen molar-refractivity contribution in [2.45, 2.75) is 133 Å². The van der Waals surface area contributed by atoms with E-state index in [2.05, 4.69) is 189 Å². The quantitative estimate of drug-likeness (QED) is 0.161. The van der Waals surface area contributed by atoms with Crippen molar-refractivity contribution in [3.63, 3.8) is 0 Å². The number of fused-ring (bicyclic) bond motifs is 5. The van der Waals surface area contributed by atoms with Crippen LogP contribution < -0.4 is 24.8 Å². The van der Waals surface area contributed by atoms with Gasteiger partial charge < -0.3 is 24.8 Å². The normalized spacial score (nSPS) is 15.8. The number of hydrogen-bond donors (Lipinski definition) is 0. The van der Waals surface area contributed by atoms with E-state index in [1.165, 1.54) is 103 Å². The van der Waals surface area contributed by atoms with E-state index in [9.17, 15) is 0 Å². The smallest absolute Gasteiger partial charge is 0.0635 e. The Morgan fingerprint density at radius 3 is 1.72 bits per heavy atom. The summed E-state index contributed by atoms with van der Waals surface area (Å²) in [6.45, 7) is 34.4. The summed E-state index contributed by atoms with van der Waals surface area (Å²) < 4.78 is 1.55. The van der Waals surface area contributed by atoms with E-state index in [1.807, 2.05) is 0 Å². The molecule has 0 aromatic heterocycles.